The van der Waals surface area contributed by atoms with Crippen LogP contribution in [-0.2, 0) is 6.54 Å². The molecule has 1 aromatic carbocycles. The molecular formula is C23H28N4O2S. The van der Waals surface area contributed by atoms with Crippen LogP contribution in [0.5, 0.6) is 11.5 Å². The Labute approximate surface area is 181 Å². The highest BCUT2D eigenvalue weighted by atomic mass is 32.2. The molecule has 0 N–H and O–H groups in total. The van der Waals surface area contributed by atoms with Crippen LogP contribution in [0.25, 0.3) is 5.57 Å². The van der Waals surface area contributed by atoms with Crippen LogP contribution in [0, 0.1) is 0 Å². The Kier molecular flexibility index (Phi) is 4.96. The largest absolute Gasteiger partial charge is 0.486 e. The van der Waals surface area contributed by atoms with Crippen LogP contribution in [0.15, 0.2) is 29.2 Å². The first-order chi connectivity index (χ1) is 14.8. The van der Waals surface area contributed by atoms with E-state index < -0.39 is 0 Å². The first kappa shape index (κ1) is 18.8. The second-order valence-electron chi connectivity index (χ2n) is 8.71. The molecule has 4 aliphatic heterocycles. The highest BCUT2D eigenvalue weighted by molar-refractivity contribution is 8.03. The fourth-order valence-electron chi connectivity index (χ4n) is 5.24. The van der Waals surface area contributed by atoms with Crippen molar-refractivity contribution in [1.82, 2.24) is 19.7 Å². The predicted octanol–water partition coefficient (Wildman–Crippen LogP) is 3.94. The molecule has 0 spiro atoms. The third-order valence-corrected chi connectivity index (χ3v) is 7.99. The van der Waals surface area contributed by atoms with E-state index in [0.717, 1.165) is 62.8 Å². The number of aromatic nitrogens is 3. The molecule has 0 aliphatic carbocycles. The molecule has 7 heteroatoms. The molecule has 6 nitrogen and oxygen atoms in total. The van der Waals surface area contributed by atoms with E-state index in [4.69, 9.17) is 14.6 Å². The molecule has 30 heavy (non-hydrogen) atoms. The monoisotopic (exact) mass is 424 g/mol. The normalized spacial score (nSPS) is 24.5. The van der Waals surface area contributed by atoms with E-state index >= 15 is 0 Å². The molecule has 0 saturated carbocycles. The summed E-state index contributed by atoms with van der Waals surface area (Å²) in [6.45, 7) is 4.78. The van der Waals surface area contributed by atoms with Gasteiger partial charge in [-0.25, -0.2) is 0 Å². The number of piperidine rings is 1. The summed E-state index contributed by atoms with van der Waals surface area (Å²) in [6, 6.07) is 7.96. The van der Waals surface area contributed by atoms with Gasteiger partial charge in [0.2, 0.25) is 0 Å². The number of rotatable bonds is 3. The van der Waals surface area contributed by atoms with Crippen LogP contribution in [0.4, 0.5) is 0 Å². The molecule has 1 saturated heterocycles. The molecule has 1 aromatic heterocycles. The van der Waals surface area contributed by atoms with Crippen molar-refractivity contribution in [3.8, 4) is 11.5 Å². The smallest absolute Gasteiger partial charge is 0.161 e. The number of para-hydroxylation sites is 2. The van der Waals surface area contributed by atoms with Crippen LogP contribution in [0.3, 0.4) is 0 Å². The van der Waals surface area contributed by atoms with E-state index in [1.807, 2.05) is 36.0 Å². The number of ether oxygens (including phenoxy) is 2. The van der Waals surface area contributed by atoms with Crippen molar-refractivity contribution in [2.45, 2.75) is 50.7 Å². The summed E-state index contributed by atoms with van der Waals surface area (Å²) in [7, 11) is 0. The number of benzene rings is 1. The van der Waals surface area contributed by atoms with E-state index in [-0.39, 0.29) is 6.10 Å². The van der Waals surface area contributed by atoms with Crippen LogP contribution in [0.2, 0.25) is 0 Å². The Balaban J connectivity index is 1.10. The number of nitrogens with zero attached hydrogens (tertiary/aromatic N) is 4. The van der Waals surface area contributed by atoms with Crippen molar-refractivity contribution < 1.29 is 9.47 Å². The van der Waals surface area contributed by atoms with Crippen molar-refractivity contribution in [2.24, 2.45) is 0 Å². The SMILES string of the molecule is c1ccc2c(c1)OCC(CN1CCC(c3nnc4n3CCCC3=C4CCS3)CC1)O2. The van der Waals surface area contributed by atoms with E-state index in [1.165, 1.54) is 30.0 Å². The van der Waals surface area contributed by atoms with Crippen molar-refractivity contribution in [2.75, 3.05) is 32.0 Å². The molecule has 1 fully saturated rings. The number of thioether (sulfide) groups is 1. The molecule has 1 unspecified atom stereocenters. The van der Waals surface area contributed by atoms with Gasteiger partial charge in [-0.05, 0) is 62.2 Å². The van der Waals surface area contributed by atoms with Crippen LogP contribution in [-0.4, -0.2) is 57.8 Å². The molecule has 5 heterocycles. The Morgan fingerprint density at radius 2 is 1.90 bits per heavy atom. The van der Waals surface area contributed by atoms with Crippen molar-refractivity contribution in [3.05, 3.63) is 40.8 Å². The molecule has 4 aliphatic rings. The fourth-order valence-corrected chi connectivity index (χ4v) is 6.44. The Bertz CT molecular complexity index is 964. The molecular weight excluding hydrogens is 396 g/mol. The predicted molar refractivity (Wildman–Crippen MR) is 118 cm³/mol. The summed E-state index contributed by atoms with van der Waals surface area (Å²) in [5.41, 5.74) is 1.48. The zero-order valence-electron chi connectivity index (χ0n) is 17.3. The van der Waals surface area contributed by atoms with Gasteiger partial charge >= 0.3 is 0 Å². The first-order valence-corrected chi connectivity index (χ1v) is 12.2. The molecule has 0 bridgehead atoms. The zero-order chi connectivity index (χ0) is 19.9. The number of hydrogen-bond donors (Lipinski definition) is 0. The Hall–Kier alpha value is -1.99. The highest BCUT2D eigenvalue weighted by Crippen LogP contribution is 2.42. The van der Waals surface area contributed by atoms with Gasteiger partial charge in [0.1, 0.15) is 18.5 Å². The first-order valence-electron chi connectivity index (χ1n) is 11.2. The lowest BCUT2D eigenvalue weighted by molar-refractivity contribution is 0.0510. The van der Waals surface area contributed by atoms with Gasteiger partial charge in [0.15, 0.2) is 17.3 Å². The lowest BCUT2D eigenvalue weighted by atomic mass is 9.95. The summed E-state index contributed by atoms with van der Waals surface area (Å²) in [5.74, 6) is 5.84. The van der Waals surface area contributed by atoms with Crippen molar-refractivity contribution in [1.29, 1.82) is 0 Å². The maximum atomic E-state index is 6.16. The topological polar surface area (TPSA) is 52.4 Å². The van der Waals surface area contributed by atoms with Gasteiger partial charge in [0.25, 0.3) is 0 Å². The summed E-state index contributed by atoms with van der Waals surface area (Å²) >= 11 is 2.03. The average Bonchev–Trinajstić information content (AvgIpc) is 3.38. The van der Waals surface area contributed by atoms with Gasteiger partial charge < -0.3 is 14.0 Å². The quantitative estimate of drug-likeness (QED) is 0.744. The molecule has 0 radical (unpaired) electrons. The van der Waals surface area contributed by atoms with E-state index in [9.17, 15) is 0 Å². The number of allylic oxidation sites excluding steroid dienone is 2. The second-order valence-corrected chi connectivity index (χ2v) is 9.90. The zero-order valence-corrected chi connectivity index (χ0v) is 18.1. The van der Waals surface area contributed by atoms with Crippen LogP contribution in [0.1, 0.15) is 49.7 Å². The van der Waals surface area contributed by atoms with E-state index in [2.05, 4.69) is 14.6 Å². The molecule has 158 valence electrons. The number of hydrogen-bond acceptors (Lipinski definition) is 6. The molecule has 2 aromatic rings. The summed E-state index contributed by atoms with van der Waals surface area (Å²) in [5, 5.41) is 9.36. The third kappa shape index (κ3) is 3.42. The van der Waals surface area contributed by atoms with Crippen LogP contribution < -0.4 is 9.47 Å². The average molecular weight is 425 g/mol. The maximum absolute atomic E-state index is 6.16. The lowest BCUT2D eigenvalue weighted by Gasteiger charge is -2.35. The van der Waals surface area contributed by atoms with Crippen molar-refractivity contribution in [3.63, 3.8) is 0 Å². The molecule has 6 rings (SSSR count). The fraction of sp³-hybridized carbons (Fsp3) is 0.565. The number of likely N-dealkylation sites (tertiary alicyclic amines) is 1. The number of fused-ring (bicyclic) bond motifs is 3. The molecule has 1 atom stereocenters. The van der Waals surface area contributed by atoms with E-state index in [0.29, 0.717) is 12.5 Å². The highest BCUT2D eigenvalue weighted by Gasteiger charge is 2.31. The summed E-state index contributed by atoms with van der Waals surface area (Å²) in [4.78, 5) is 4.09. The minimum Gasteiger partial charge on any atom is -0.486 e. The van der Waals surface area contributed by atoms with E-state index in [1.54, 1.807) is 4.91 Å². The van der Waals surface area contributed by atoms with Gasteiger partial charge in [0, 0.05) is 30.3 Å². The Morgan fingerprint density at radius 1 is 1.03 bits per heavy atom. The van der Waals surface area contributed by atoms with Gasteiger partial charge in [-0.2, -0.15) is 0 Å². The third-order valence-electron chi connectivity index (χ3n) is 6.78. The standard InChI is InChI=1S/C23H28N4O2S/c1-2-5-20-19(4-1)28-15-17(29-20)14-26-11-7-16(8-12-26)22-24-25-23-18-9-13-30-21(18)6-3-10-27(22)23/h1-2,4-5,16-17H,3,6-15H2. The second kappa shape index (κ2) is 7.93. The van der Waals surface area contributed by atoms with Gasteiger partial charge in [0.05, 0.1) is 0 Å². The maximum Gasteiger partial charge on any atom is 0.161 e. The summed E-state index contributed by atoms with van der Waals surface area (Å²) in [6.07, 6.45) is 5.97. The van der Waals surface area contributed by atoms with Gasteiger partial charge in [-0.15, -0.1) is 22.0 Å². The van der Waals surface area contributed by atoms with Gasteiger partial charge in [-0.3, -0.25) is 4.90 Å². The minimum absolute atomic E-state index is 0.103. The molecule has 0 amide bonds. The van der Waals surface area contributed by atoms with Crippen molar-refractivity contribution >= 4 is 17.3 Å². The van der Waals surface area contributed by atoms with Crippen LogP contribution >= 0.6 is 11.8 Å². The lowest BCUT2D eigenvalue weighted by Crippen LogP contribution is -2.44. The summed E-state index contributed by atoms with van der Waals surface area (Å²) < 4.78 is 14.5. The minimum atomic E-state index is 0.103. The van der Waals surface area contributed by atoms with Gasteiger partial charge in [-0.1, -0.05) is 12.1 Å². The Morgan fingerprint density at radius 3 is 2.80 bits per heavy atom.